The van der Waals surface area contributed by atoms with Crippen LogP contribution in [0.4, 0.5) is 5.69 Å². The van der Waals surface area contributed by atoms with Crippen LogP contribution in [0.3, 0.4) is 0 Å². The van der Waals surface area contributed by atoms with Gasteiger partial charge >= 0.3 is 0 Å². The van der Waals surface area contributed by atoms with Gasteiger partial charge in [-0.3, -0.25) is 9.59 Å². The van der Waals surface area contributed by atoms with Gasteiger partial charge in [-0.25, -0.2) is 0 Å². The molecule has 0 spiro atoms. The van der Waals surface area contributed by atoms with E-state index in [1.165, 1.54) is 0 Å². The minimum absolute atomic E-state index is 0.00600. The molecule has 0 fully saturated rings. The number of alkyl halides is 1. The van der Waals surface area contributed by atoms with Crippen molar-refractivity contribution in [2.24, 2.45) is 0 Å². The van der Waals surface area contributed by atoms with Crippen LogP contribution in [0.1, 0.15) is 23.2 Å². The molecule has 0 unspecified atom stereocenters. The van der Waals surface area contributed by atoms with Gasteiger partial charge in [-0.2, -0.15) is 0 Å². The number of fused-ring (bicyclic) bond motifs is 1. The fourth-order valence-corrected chi connectivity index (χ4v) is 1.90. The van der Waals surface area contributed by atoms with E-state index in [1.54, 1.807) is 18.2 Å². The molecule has 1 amide bonds. The van der Waals surface area contributed by atoms with E-state index in [9.17, 15) is 9.59 Å². The lowest BCUT2D eigenvalue weighted by Crippen LogP contribution is -2.25. The topological polar surface area (TPSA) is 55.4 Å². The first-order valence-electron chi connectivity index (χ1n) is 5.36. The molecule has 0 atom stereocenters. The number of hydrogen-bond donors (Lipinski definition) is 1. The van der Waals surface area contributed by atoms with E-state index in [2.05, 4.69) is 21.2 Å². The molecular formula is C12H12BrNO3. The van der Waals surface area contributed by atoms with Gasteiger partial charge in [-0.05, 0) is 24.6 Å². The van der Waals surface area contributed by atoms with Crippen molar-refractivity contribution in [3.8, 4) is 5.75 Å². The molecule has 0 saturated carbocycles. The molecule has 5 heteroatoms. The van der Waals surface area contributed by atoms with Crippen LogP contribution in [0.2, 0.25) is 0 Å². The lowest BCUT2D eigenvalue weighted by molar-refractivity contribution is -0.118. The van der Waals surface area contributed by atoms with Crippen LogP contribution in [0.25, 0.3) is 0 Å². The lowest BCUT2D eigenvalue weighted by atomic mass is 10.1. The fourth-order valence-electron chi connectivity index (χ4n) is 1.62. The molecule has 1 aromatic rings. The van der Waals surface area contributed by atoms with E-state index >= 15 is 0 Å². The van der Waals surface area contributed by atoms with E-state index in [-0.39, 0.29) is 18.3 Å². The summed E-state index contributed by atoms with van der Waals surface area (Å²) < 4.78 is 5.26. The van der Waals surface area contributed by atoms with Crippen LogP contribution in [0.5, 0.6) is 5.75 Å². The Morgan fingerprint density at radius 1 is 1.47 bits per heavy atom. The largest absolute Gasteiger partial charge is 0.482 e. The van der Waals surface area contributed by atoms with Crippen LogP contribution < -0.4 is 10.1 Å². The van der Waals surface area contributed by atoms with Crippen molar-refractivity contribution >= 4 is 33.3 Å². The molecule has 0 aliphatic carbocycles. The van der Waals surface area contributed by atoms with Gasteiger partial charge in [0, 0.05) is 17.3 Å². The molecule has 1 N–H and O–H groups in total. The van der Waals surface area contributed by atoms with Crippen molar-refractivity contribution in [3.63, 3.8) is 0 Å². The molecule has 1 heterocycles. The maximum absolute atomic E-state index is 11.8. The minimum atomic E-state index is -0.170. The molecule has 4 nitrogen and oxygen atoms in total. The highest BCUT2D eigenvalue weighted by atomic mass is 79.9. The van der Waals surface area contributed by atoms with Crippen LogP contribution in [-0.2, 0) is 4.79 Å². The minimum Gasteiger partial charge on any atom is -0.482 e. The Bertz CT molecular complexity index is 459. The average Bonchev–Trinajstić information content (AvgIpc) is 2.35. The summed E-state index contributed by atoms with van der Waals surface area (Å²) in [7, 11) is 0. The number of Topliss-reactive ketones (excluding diaryl/α,β-unsaturated/α-hetero) is 1. The second kappa shape index (κ2) is 5.31. The Morgan fingerprint density at radius 3 is 3.06 bits per heavy atom. The standard InChI is InChI=1S/C12H12BrNO3/c13-5-1-2-10(15)8-3-4-9-11(6-8)17-7-12(16)14-9/h3-4,6H,1-2,5,7H2,(H,14,16). The third kappa shape index (κ3) is 2.85. The van der Waals surface area contributed by atoms with Gasteiger partial charge in [0.1, 0.15) is 5.75 Å². The Morgan fingerprint density at radius 2 is 2.29 bits per heavy atom. The number of ketones is 1. The number of carbonyl (C=O) groups excluding carboxylic acids is 2. The first-order chi connectivity index (χ1) is 8.20. The summed E-state index contributed by atoms with van der Waals surface area (Å²) in [6.45, 7) is 0.00600. The van der Waals surface area contributed by atoms with E-state index in [0.29, 0.717) is 23.4 Å². The van der Waals surface area contributed by atoms with Gasteiger partial charge in [-0.15, -0.1) is 0 Å². The first kappa shape index (κ1) is 12.1. The Kier molecular flexibility index (Phi) is 3.78. The van der Waals surface area contributed by atoms with E-state index < -0.39 is 0 Å². The van der Waals surface area contributed by atoms with Crippen LogP contribution in [-0.4, -0.2) is 23.6 Å². The molecule has 90 valence electrons. The predicted molar refractivity (Wildman–Crippen MR) is 67.9 cm³/mol. The van der Waals surface area contributed by atoms with Gasteiger partial charge in [0.25, 0.3) is 5.91 Å². The van der Waals surface area contributed by atoms with Gasteiger partial charge in [0.2, 0.25) is 0 Å². The SMILES string of the molecule is O=C1COc2cc(C(=O)CCCBr)ccc2N1. The number of carbonyl (C=O) groups is 2. The van der Waals surface area contributed by atoms with E-state index in [0.717, 1.165) is 11.8 Å². The highest BCUT2D eigenvalue weighted by molar-refractivity contribution is 9.09. The summed E-state index contributed by atoms with van der Waals surface area (Å²) in [5.74, 6) is 0.484. The number of hydrogen-bond acceptors (Lipinski definition) is 3. The maximum atomic E-state index is 11.8. The molecule has 1 aliphatic heterocycles. The predicted octanol–water partition coefficient (Wildman–Crippen LogP) is 2.38. The number of rotatable bonds is 4. The monoisotopic (exact) mass is 297 g/mol. The third-order valence-electron chi connectivity index (χ3n) is 2.47. The first-order valence-corrected chi connectivity index (χ1v) is 6.48. The van der Waals surface area contributed by atoms with E-state index in [4.69, 9.17) is 4.74 Å². The number of anilines is 1. The number of benzene rings is 1. The molecular weight excluding hydrogens is 286 g/mol. The Balaban J connectivity index is 2.16. The number of amides is 1. The maximum Gasteiger partial charge on any atom is 0.262 e. The summed E-state index contributed by atoms with van der Waals surface area (Å²) in [4.78, 5) is 22.9. The zero-order valence-corrected chi connectivity index (χ0v) is 10.7. The van der Waals surface area contributed by atoms with Crippen molar-refractivity contribution < 1.29 is 14.3 Å². The third-order valence-corrected chi connectivity index (χ3v) is 3.03. The Labute approximate surface area is 107 Å². The second-order valence-electron chi connectivity index (χ2n) is 3.76. The lowest BCUT2D eigenvalue weighted by Gasteiger charge is -2.18. The zero-order valence-electron chi connectivity index (χ0n) is 9.16. The summed E-state index contributed by atoms with van der Waals surface area (Å²) >= 11 is 3.29. The number of ether oxygens (including phenoxy) is 1. The van der Waals surface area contributed by atoms with Crippen molar-refractivity contribution in [2.45, 2.75) is 12.8 Å². The highest BCUT2D eigenvalue weighted by Crippen LogP contribution is 2.29. The van der Waals surface area contributed by atoms with Crippen molar-refractivity contribution in [1.29, 1.82) is 0 Å². The molecule has 0 radical (unpaired) electrons. The second-order valence-corrected chi connectivity index (χ2v) is 4.56. The van der Waals surface area contributed by atoms with Gasteiger partial charge in [0.15, 0.2) is 12.4 Å². The van der Waals surface area contributed by atoms with Crippen molar-refractivity contribution in [2.75, 3.05) is 17.3 Å². The molecule has 17 heavy (non-hydrogen) atoms. The number of halogens is 1. The number of nitrogens with one attached hydrogen (secondary N) is 1. The van der Waals surface area contributed by atoms with Crippen molar-refractivity contribution in [3.05, 3.63) is 23.8 Å². The highest BCUT2D eigenvalue weighted by Gasteiger charge is 2.17. The normalized spacial score (nSPS) is 13.6. The molecule has 1 aliphatic rings. The molecule has 1 aromatic carbocycles. The summed E-state index contributed by atoms with van der Waals surface area (Å²) in [6, 6.07) is 5.10. The van der Waals surface area contributed by atoms with Crippen molar-refractivity contribution in [1.82, 2.24) is 0 Å². The summed E-state index contributed by atoms with van der Waals surface area (Å²) in [5, 5.41) is 3.50. The Hall–Kier alpha value is -1.36. The van der Waals surface area contributed by atoms with E-state index in [1.807, 2.05) is 0 Å². The van der Waals surface area contributed by atoms with Crippen LogP contribution in [0, 0.1) is 0 Å². The van der Waals surface area contributed by atoms with Crippen LogP contribution >= 0.6 is 15.9 Å². The summed E-state index contributed by atoms with van der Waals surface area (Å²) in [6.07, 6.45) is 1.32. The quantitative estimate of drug-likeness (QED) is 0.686. The zero-order chi connectivity index (χ0) is 12.3. The fraction of sp³-hybridized carbons (Fsp3) is 0.333. The molecule has 0 aromatic heterocycles. The smallest absolute Gasteiger partial charge is 0.262 e. The van der Waals surface area contributed by atoms with Gasteiger partial charge in [-0.1, -0.05) is 15.9 Å². The van der Waals surface area contributed by atoms with Crippen LogP contribution in [0.15, 0.2) is 18.2 Å². The summed E-state index contributed by atoms with van der Waals surface area (Å²) in [5.41, 5.74) is 1.25. The molecule has 0 bridgehead atoms. The average molecular weight is 298 g/mol. The van der Waals surface area contributed by atoms with Gasteiger partial charge < -0.3 is 10.1 Å². The molecule has 2 rings (SSSR count). The molecule has 0 saturated heterocycles. The van der Waals surface area contributed by atoms with Gasteiger partial charge in [0.05, 0.1) is 5.69 Å².